The second kappa shape index (κ2) is 5.92. The summed E-state index contributed by atoms with van der Waals surface area (Å²) in [6.45, 7) is 8.52. The van der Waals surface area contributed by atoms with E-state index < -0.39 is 0 Å². The quantitative estimate of drug-likeness (QED) is 0.832. The molecule has 0 aromatic heterocycles. The maximum atomic E-state index is 6.05. The van der Waals surface area contributed by atoms with E-state index in [1.807, 2.05) is 0 Å². The molecule has 2 aliphatic rings. The molecule has 0 aromatic rings. The summed E-state index contributed by atoms with van der Waals surface area (Å²) in [5.41, 5.74) is 6.56. The summed E-state index contributed by atoms with van der Waals surface area (Å²) < 4.78 is 0. The minimum Gasteiger partial charge on any atom is -0.328 e. The molecule has 0 aromatic carbocycles. The zero-order valence-corrected chi connectivity index (χ0v) is 12.6. The number of nitrogens with two attached hydrogens (primary N) is 1. The number of rotatable bonds is 3. The maximum Gasteiger partial charge on any atom is 0.0149 e. The van der Waals surface area contributed by atoms with Crippen LogP contribution in [0.25, 0.3) is 0 Å². The second-order valence-electron chi connectivity index (χ2n) is 7.15. The fourth-order valence-corrected chi connectivity index (χ4v) is 4.26. The molecule has 2 nitrogen and oxygen atoms in total. The lowest BCUT2D eigenvalue weighted by Gasteiger charge is -2.49. The minimum atomic E-state index is 0.472. The number of hydrogen-bond donors (Lipinski definition) is 1. The second-order valence-corrected chi connectivity index (χ2v) is 7.15. The molecule has 106 valence electrons. The molecular formula is C16H32N2. The van der Waals surface area contributed by atoms with Crippen LogP contribution in [0.5, 0.6) is 0 Å². The lowest BCUT2D eigenvalue weighted by atomic mass is 9.71. The fraction of sp³-hybridized carbons (Fsp3) is 1.00. The van der Waals surface area contributed by atoms with E-state index >= 15 is 0 Å². The summed E-state index contributed by atoms with van der Waals surface area (Å²) in [7, 11) is 0. The molecule has 1 atom stereocenters. The Hall–Kier alpha value is -0.0800. The SMILES string of the molecule is CCN(C1CCC(N)CC1)C1CCCCC1(C)C. The van der Waals surface area contributed by atoms with Crippen LogP contribution in [0.4, 0.5) is 0 Å². The van der Waals surface area contributed by atoms with E-state index in [9.17, 15) is 0 Å². The lowest BCUT2D eigenvalue weighted by molar-refractivity contribution is 0.00900. The van der Waals surface area contributed by atoms with Crippen LogP contribution < -0.4 is 5.73 Å². The van der Waals surface area contributed by atoms with Gasteiger partial charge in [-0.05, 0) is 50.5 Å². The van der Waals surface area contributed by atoms with Gasteiger partial charge in [0, 0.05) is 18.1 Å². The molecular weight excluding hydrogens is 220 g/mol. The van der Waals surface area contributed by atoms with Gasteiger partial charge in [0.25, 0.3) is 0 Å². The molecule has 0 aliphatic heterocycles. The lowest BCUT2D eigenvalue weighted by Crippen LogP contribution is -2.53. The molecule has 0 bridgehead atoms. The molecule has 0 spiro atoms. The van der Waals surface area contributed by atoms with Crippen molar-refractivity contribution in [1.82, 2.24) is 4.90 Å². The highest BCUT2D eigenvalue weighted by molar-refractivity contribution is 4.93. The van der Waals surface area contributed by atoms with Gasteiger partial charge in [-0.15, -0.1) is 0 Å². The summed E-state index contributed by atoms with van der Waals surface area (Å²) in [4.78, 5) is 2.82. The Morgan fingerprint density at radius 1 is 1.06 bits per heavy atom. The van der Waals surface area contributed by atoms with Crippen molar-refractivity contribution in [1.29, 1.82) is 0 Å². The average Bonchev–Trinajstić information content (AvgIpc) is 2.34. The Balaban J connectivity index is 2.03. The Bertz CT molecular complexity index is 254. The van der Waals surface area contributed by atoms with Gasteiger partial charge in [-0.25, -0.2) is 0 Å². The van der Waals surface area contributed by atoms with Crippen molar-refractivity contribution in [3.63, 3.8) is 0 Å². The van der Waals surface area contributed by atoms with Crippen molar-refractivity contribution in [2.75, 3.05) is 6.54 Å². The van der Waals surface area contributed by atoms with Crippen molar-refractivity contribution in [2.45, 2.75) is 90.3 Å². The summed E-state index contributed by atoms with van der Waals surface area (Å²) in [6, 6.07) is 2.08. The van der Waals surface area contributed by atoms with Gasteiger partial charge in [-0.3, -0.25) is 4.90 Å². The minimum absolute atomic E-state index is 0.472. The summed E-state index contributed by atoms with van der Waals surface area (Å²) in [5.74, 6) is 0. The predicted octanol–water partition coefficient (Wildman–Crippen LogP) is 3.55. The van der Waals surface area contributed by atoms with E-state index in [0.717, 1.165) is 12.1 Å². The van der Waals surface area contributed by atoms with E-state index in [4.69, 9.17) is 5.73 Å². The smallest absolute Gasteiger partial charge is 0.0149 e. The first-order valence-electron chi connectivity index (χ1n) is 8.06. The van der Waals surface area contributed by atoms with E-state index in [-0.39, 0.29) is 0 Å². The van der Waals surface area contributed by atoms with Crippen LogP contribution in [0.2, 0.25) is 0 Å². The van der Waals surface area contributed by atoms with Crippen LogP contribution in [0.1, 0.15) is 72.1 Å². The number of hydrogen-bond acceptors (Lipinski definition) is 2. The topological polar surface area (TPSA) is 29.3 Å². The standard InChI is InChI=1S/C16H32N2/c1-4-18(14-10-8-13(17)9-11-14)15-7-5-6-12-16(15,2)3/h13-15H,4-12,17H2,1-3H3. The van der Waals surface area contributed by atoms with Gasteiger partial charge in [0.15, 0.2) is 0 Å². The third-order valence-electron chi connectivity index (χ3n) is 5.43. The van der Waals surface area contributed by atoms with Crippen LogP contribution in [0.15, 0.2) is 0 Å². The first-order chi connectivity index (χ1) is 8.54. The molecule has 2 saturated carbocycles. The molecule has 2 rings (SSSR count). The zero-order valence-electron chi connectivity index (χ0n) is 12.6. The van der Waals surface area contributed by atoms with Crippen LogP contribution in [-0.2, 0) is 0 Å². The van der Waals surface area contributed by atoms with Crippen LogP contribution in [0.3, 0.4) is 0 Å². The summed E-state index contributed by atoms with van der Waals surface area (Å²) >= 11 is 0. The van der Waals surface area contributed by atoms with Crippen molar-refractivity contribution < 1.29 is 0 Å². The highest BCUT2D eigenvalue weighted by Gasteiger charge is 2.38. The van der Waals surface area contributed by atoms with Gasteiger partial charge in [0.1, 0.15) is 0 Å². The van der Waals surface area contributed by atoms with Gasteiger partial charge in [-0.1, -0.05) is 33.6 Å². The van der Waals surface area contributed by atoms with Crippen molar-refractivity contribution >= 4 is 0 Å². The van der Waals surface area contributed by atoms with Crippen molar-refractivity contribution in [3.8, 4) is 0 Å². The van der Waals surface area contributed by atoms with Gasteiger partial charge in [0.2, 0.25) is 0 Å². The molecule has 2 aliphatic carbocycles. The van der Waals surface area contributed by atoms with Crippen LogP contribution in [0, 0.1) is 5.41 Å². The molecule has 2 fully saturated rings. The normalized spacial score (nSPS) is 36.8. The molecule has 18 heavy (non-hydrogen) atoms. The van der Waals surface area contributed by atoms with Crippen LogP contribution in [-0.4, -0.2) is 29.6 Å². The molecule has 0 radical (unpaired) electrons. The molecule has 0 heterocycles. The Kier molecular flexibility index (Phi) is 4.71. The highest BCUT2D eigenvalue weighted by atomic mass is 15.2. The number of nitrogens with zero attached hydrogens (tertiary/aromatic N) is 1. The third kappa shape index (κ3) is 3.08. The van der Waals surface area contributed by atoms with Crippen molar-refractivity contribution in [3.05, 3.63) is 0 Å². The molecule has 1 unspecified atom stereocenters. The van der Waals surface area contributed by atoms with Gasteiger partial charge in [0.05, 0.1) is 0 Å². The Morgan fingerprint density at radius 3 is 2.28 bits per heavy atom. The zero-order chi connectivity index (χ0) is 13.2. The first kappa shape index (κ1) is 14.3. The molecule has 0 saturated heterocycles. The fourth-order valence-electron chi connectivity index (χ4n) is 4.26. The van der Waals surface area contributed by atoms with E-state index in [0.29, 0.717) is 11.5 Å². The summed E-state index contributed by atoms with van der Waals surface area (Å²) in [5, 5.41) is 0. The molecule has 2 heteroatoms. The van der Waals surface area contributed by atoms with E-state index in [1.54, 1.807) is 0 Å². The molecule has 2 N–H and O–H groups in total. The third-order valence-corrected chi connectivity index (χ3v) is 5.43. The van der Waals surface area contributed by atoms with Crippen LogP contribution >= 0.6 is 0 Å². The van der Waals surface area contributed by atoms with E-state index in [2.05, 4.69) is 25.7 Å². The Morgan fingerprint density at radius 2 is 1.72 bits per heavy atom. The monoisotopic (exact) mass is 252 g/mol. The average molecular weight is 252 g/mol. The van der Waals surface area contributed by atoms with Gasteiger partial charge >= 0.3 is 0 Å². The van der Waals surface area contributed by atoms with E-state index in [1.165, 1.54) is 57.9 Å². The summed E-state index contributed by atoms with van der Waals surface area (Å²) in [6.07, 6.45) is 10.8. The molecule has 0 amide bonds. The maximum absolute atomic E-state index is 6.05. The first-order valence-corrected chi connectivity index (χ1v) is 8.06. The van der Waals surface area contributed by atoms with Gasteiger partial charge < -0.3 is 5.73 Å². The predicted molar refractivity (Wildman–Crippen MR) is 78.6 cm³/mol. The Labute approximate surface area is 113 Å². The highest BCUT2D eigenvalue weighted by Crippen LogP contribution is 2.40. The van der Waals surface area contributed by atoms with Gasteiger partial charge in [-0.2, -0.15) is 0 Å². The largest absolute Gasteiger partial charge is 0.328 e. The van der Waals surface area contributed by atoms with Crippen molar-refractivity contribution in [2.24, 2.45) is 11.1 Å².